The number of benzene rings is 2. The maximum Gasteiger partial charge on any atom is 0.586 e. The zero-order valence-electron chi connectivity index (χ0n) is 14.7. The molecule has 1 amide bonds. The van der Waals surface area contributed by atoms with Gasteiger partial charge < -0.3 is 20.1 Å². The quantitative estimate of drug-likeness (QED) is 0.891. The van der Waals surface area contributed by atoms with E-state index in [2.05, 4.69) is 9.47 Å². The van der Waals surface area contributed by atoms with E-state index in [0.29, 0.717) is 17.7 Å². The molecule has 0 radical (unpaired) electrons. The van der Waals surface area contributed by atoms with E-state index in [0.717, 1.165) is 31.4 Å². The van der Waals surface area contributed by atoms with Crippen LogP contribution in [0.15, 0.2) is 42.5 Å². The molecule has 142 valence electrons. The van der Waals surface area contributed by atoms with Gasteiger partial charge >= 0.3 is 6.29 Å². The van der Waals surface area contributed by atoms with Crippen molar-refractivity contribution >= 4 is 5.91 Å². The van der Waals surface area contributed by atoms with Crippen LogP contribution in [-0.4, -0.2) is 36.2 Å². The van der Waals surface area contributed by atoms with Gasteiger partial charge in [0.1, 0.15) is 0 Å². The number of likely N-dealkylation sites (tertiary alicyclic amines) is 1. The molecule has 7 heteroatoms. The molecule has 27 heavy (non-hydrogen) atoms. The zero-order valence-corrected chi connectivity index (χ0v) is 14.7. The van der Waals surface area contributed by atoms with Crippen LogP contribution in [0.2, 0.25) is 0 Å². The van der Waals surface area contributed by atoms with Crippen molar-refractivity contribution in [2.24, 2.45) is 5.73 Å². The molecular formula is C20H20F2N2O3. The highest BCUT2D eigenvalue weighted by molar-refractivity contribution is 5.95. The van der Waals surface area contributed by atoms with Crippen LogP contribution in [0.1, 0.15) is 29.6 Å². The third-order valence-electron chi connectivity index (χ3n) is 5.03. The average Bonchev–Trinajstić information content (AvgIpc) is 3.00. The van der Waals surface area contributed by atoms with Crippen LogP contribution in [0.3, 0.4) is 0 Å². The maximum atomic E-state index is 13.2. The summed E-state index contributed by atoms with van der Waals surface area (Å²) in [6, 6.07) is 11.8. The molecule has 0 bridgehead atoms. The maximum absolute atomic E-state index is 13.2. The van der Waals surface area contributed by atoms with Gasteiger partial charge in [0.05, 0.1) is 0 Å². The van der Waals surface area contributed by atoms with Crippen LogP contribution in [0, 0.1) is 0 Å². The van der Waals surface area contributed by atoms with Gasteiger partial charge in [0.2, 0.25) is 0 Å². The van der Waals surface area contributed by atoms with Crippen LogP contribution in [0.4, 0.5) is 8.78 Å². The molecule has 0 spiro atoms. The number of rotatable bonds is 3. The molecule has 5 nitrogen and oxygen atoms in total. The lowest BCUT2D eigenvalue weighted by Crippen LogP contribution is -2.47. The molecule has 2 heterocycles. The summed E-state index contributed by atoms with van der Waals surface area (Å²) in [6.07, 6.45) is -0.622. The van der Waals surface area contributed by atoms with E-state index in [1.54, 1.807) is 30.3 Å². The predicted octanol–water partition coefficient (Wildman–Crippen LogP) is 3.63. The first kappa shape index (κ1) is 17.7. The van der Waals surface area contributed by atoms with E-state index in [9.17, 15) is 13.6 Å². The zero-order chi connectivity index (χ0) is 19.0. The number of nitrogens with two attached hydrogens (primary N) is 1. The Morgan fingerprint density at radius 3 is 2.52 bits per heavy atom. The molecule has 0 aromatic heterocycles. The molecule has 2 aliphatic heterocycles. The van der Waals surface area contributed by atoms with Crippen molar-refractivity contribution < 1.29 is 23.0 Å². The van der Waals surface area contributed by atoms with Gasteiger partial charge in [-0.3, -0.25) is 4.79 Å². The number of alkyl halides is 2. The Hall–Kier alpha value is -2.67. The highest BCUT2D eigenvalue weighted by Crippen LogP contribution is 2.42. The number of ether oxygens (including phenoxy) is 2. The molecule has 1 saturated heterocycles. The Kier molecular flexibility index (Phi) is 4.47. The second-order valence-corrected chi connectivity index (χ2v) is 6.79. The van der Waals surface area contributed by atoms with Crippen molar-refractivity contribution in [3.05, 3.63) is 48.0 Å². The molecule has 2 aliphatic rings. The number of nitrogens with zero attached hydrogens (tertiary/aromatic N) is 1. The first-order valence-corrected chi connectivity index (χ1v) is 8.98. The molecule has 4 rings (SSSR count). The summed E-state index contributed by atoms with van der Waals surface area (Å²) in [6.45, 7) is 1.18. The smallest absolute Gasteiger partial charge is 0.395 e. The van der Waals surface area contributed by atoms with E-state index < -0.39 is 6.29 Å². The Morgan fingerprint density at radius 2 is 1.78 bits per heavy atom. The fourth-order valence-electron chi connectivity index (χ4n) is 3.61. The van der Waals surface area contributed by atoms with Gasteiger partial charge in [-0.1, -0.05) is 18.2 Å². The minimum Gasteiger partial charge on any atom is -0.395 e. The second-order valence-electron chi connectivity index (χ2n) is 6.79. The van der Waals surface area contributed by atoms with Gasteiger partial charge in [0.25, 0.3) is 5.91 Å². The van der Waals surface area contributed by atoms with Gasteiger partial charge in [-0.2, -0.15) is 0 Å². The van der Waals surface area contributed by atoms with Crippen molar-refractivity contribution in [2.45, 2.75) is 31.6 Å². The lowest BCUT2D eigenvalue weighted by atomic mass is 9.99. The van der Waals surface area contributed by atoms with Crippen LogP contribution in [-0.2, 0) is 0 Å². The largest absolute Gasteiger partial charge is 0.586 e. The van der Waals surface area contributed by atoms with Gasteiger partial charge in [0, 0.05) is 24.7 Å². The summed E-state index contributed by atoms with van der Waals surface area (Å²) >= 11 is 0. The van der Waals surface area contributed by atoms with Crippen LogP contribution >= 0.6 is 0 Å². The fraction of sp³-hybridized carbons (Fsp3) is 0.350. The molecule has 1 unspecified atom stereocenters. The fourth-order valence-corrected chi connectivity index (χ4v) is 3.61. The number of piperidine rings is 1. The minimum absolute atomic E-state index is 0.00300. The number of amides is 1. The number of hydrogen-bond acceptors (Lipinski definition) is 4. The lowest BCUT2D eigenvalue weighted by Gasteiger charge is -2.35. The molecule has 1 atom stereocenters. The standard InChI is InChI=1S/C20H20F2N2O3/c21-20(22)26-17-9-8-15(11-18(17)27-20)13-4-6-14(7-5-13)19(25)24-10-2-1-3-16(24)12-23/h4-9,11,16H,1-3,10,12,23H2. The van der Waals surface area contributed by atoms with E-state index in [1.165, 1.54) is 12.1 Å². The second kappa shape index (κ2) is 6.81. The van der Waals surface area contributed by atoms with Crippen LogP contribution in [0.25, 0.3) is 11.1 Å². The number of halogens is 2. The molecular weight excluding hydrogens is 354 g/mol. The Labute approximate surface area is 155 Å². The molecule has 0 aliphatic carbocycles. The average molecular weight is 374 g/mol. The summed E-state index contributed by atoms with van der Waals surface area (Å²) < 4.78 is 35.2. The van der Waals surface area contributed by atoms with Gasteiger partial charge in [0.15, 0.2) is 11.5 Å². The summed E-state index contributed by atoms with van der Waals surface area (Å²) in [7, 11) is 0. The summed E-state index contributed by atoms with van der Waals surface area (Å²) in [5.74, 6) is -0.0211. The Bertz CT molecular complexity index is 855. The molecule has 1 fully saturated rings. The minimum atomic E-state index is -3.63. The monoisotopic (exact) mass is 374 g/mol. The number of fused-ring (bicyclic) bond motifs is 1. The van der Waals surface area contributed by atoms with Crippen LogP contribution in [0.5, 0.6) is 11.5 Å². The van der Waals surface area contributed by atoms with Crippen molar-refractivity contribution in [1.82, 2.24) is 4.90 Å². The van der Waals surface area contributed by atoms with Crippen molar-refractivity contribution in [3.8, 4) is 22.6 Å². The number of carbonyl (C=O) groups excluding carboxylic acids is 1. The lowest BCUT2D eigenvalue weighted by molar-refractivity contribution is -0.286. The van der Waals surface area contributed by atoms with Crippen molar-refractivity contribution in [3.63, 3.8) is 0 Å². The third-order valence-corrected chi connectivity index (χ3v) is 5.03. The van der Waals surface area contributed by atoms with Gasteiger partial charge in [-0.05, 0) is 54.7 Å². The normalized spacial score (nSPS) is 20.6. The van der Waals surface area contributed by atoms with Crippen LogP contribution < -0.4 is 15.2 Å². The number of hydrogen-bond donors (Lipinski definition) is 1. The van der Waals surface area contributed by atoms with E-state index >= 15 is 0 Å². The molecule has 2 aromatic rings. The highest BCUT2D eigenvalue weighted by atomic mass is 19.3. The summed E-state index contributed by atoms with van der Waals surface area (Å²) in [5.41, 5.74) is 7.89. The number of carbonyl (C=O) groups is 1. The Balaban J connectivity index is 1.54. The van der Waals surface area contributed by atoms with Crippen molar-refractivity contribution in [2.75, 3.05) is 13.1 Å². The van der Waals surface area contributed by atoms with E-state index in [1.807, 2.05) is 4.90 Å². The first-order chi connectivity index (χ1) is 13.0. The van der Waals surface area contributed by atoms with Gasteiger partial charge in [-0.15, -0.1) is 8.78 Å². The van der Waals surface area contributed by atoms with E-state index in [-0.39, 0.29) is 23.4 Å². The summed E-state index contributed by atoms with van der Waals surface area (Å²) in [5, 5.41) is 0. The predicted molar refractivity (Wildman–Crippen MR) is 95.8 cm³/mol. The third kappa shape index (κ3) is 3.47. The van der Waals surface area contributed by atoms with Gasteiger partial charge in [-0.25, -0.2) is 0 Å². The molecule has 2 aromatic carbocycles. The molecule has 2 N–H and O–H groups in total. The molecule has 0 saturated carbocycles. The van der Waals surface area contributed by atoms with E-state index in [4.69, 9.17) is 5.73 Å². The van der Waals surface area contributed by atoms with Crippen molar-refractivity contribution in [1.29, 1.82) is 0 Å². The Morgan fingerprint density at radius 1 is 1.07 bits per heavy atom. The topological polar surface area (TPSA) is 64.8 Å². The first-order valence-electron chi connectivity index (χ1n) is 8.98. The summed E-state index contributed by atoms with van der Waals surface area (Å²) in [4.78, 5) is 14.6. The SMILES string of the molecule is NCC1CCCCN1C(=O)c1ccc(-c2ccc3c(c2)OC(F)(F)O3)cc1. The highest BCUT2D eigenvalue weighted by Gasteiger charge is 2.43.